The quantitative estimate of drug-likeness (QED) is 0.405. The molecule has 0 spiro atoms. The second-order valence-corrected chi connectivity index (χ2v) is 8.89. The molecule has 1 saturated heterocycles. The highest BCUT2D eigenvalue weighted by Crippen LogP contribution is 2.38. The summed E-state index contributed by atoms with van der Waals surface area (Å²) in [6.07, 6.45) is 3.62. The van der Waals surface area contributed by atoms with Crippen LogP contribution in [0.3, 0.4) is 0 Å². The highest BCUT2D eigenvalue weighted by Gasteiger charge is 2.29. The van der Waals surface area contributed by atoms with E-state index in [2.05, 4.69) is 44.5 Å². The van der Waals surface area contributed by atoms with Crippen molar-refractivity contribution < 1.29 is 14.3 Å². The minimum Gasteiger partial charge on any atom is -0.496 e. The van der Waals surface area contributed by atoms with Crippen LogP contribution in [0.15, 0.2) is 46.9 Å². The number of para-hydroxylation sites is 1. The van der Waals surface area contributed by atoms with Gasteiger partial charge in [-0.25, -0.2) is 4.79 Å². The van der Waals surface area contributed by atoms with Gasteiger partial charge in [0.25, 0.3) is 0 Å². The molecule has 1 atom stereocenters. The maximum absolute atomic E-state index is 13.2. The predicted molar refractivity (Wildman–Crippen MR) is 127 cm³/mol. The van der Waals surface area contributed by atoms with E-state index in [1.54, 1.807) is 7.11 Å². The molecule has 3 aromatic rings. The monoisotopic (exact) mass is 484 g/mol. The molecule has 2 aromatic carbocycles. The number of carbonyl (C=O) groups excluding carboxylic acids is 1. The first-order valence-corrected chi connectivity index (χ1v) is 11.7. The van der Waals surface area contributed by atoms with Gasteiger partial charge in [-0.05, 0) is 73.4 Å². The molecule has 2 heterocycles. The number of fused-ring (bicyclic) bond motifs is 1. The van der Waals surface area contributed by atoms with Gasteiger partial charge in [0, 0.05) is 23.7 Å². The fourth-order valence-electron chi connectivity index (χ4n) is 4.53. The molecule has 164 valence electrons. The third kappa shape index (κ3) is 4.23. The number of benzene rings is 2. The first-order valence-electron chi connectivity index (χ1n) is 10.9. The predicted octanol–water partition coefficient (Wildman–Crippen LogP) is 5.95. The SMILES string of the molecule is CCOC(=O)c1c(CN2CCCC[C@@H]2C)n(-c2ccccc2)c2cc(Br)c(OC)cc12. The minimum absolute atomic E-state index is 0.286. The number of rotatable bonds is 6. The summed E-state index contributed by atoms with van der Waals surface area (Å²) in [5.74, 6) is 0.410. The standard InChI is InChI=1S/C25H29BrN2O3/c1-4-31-25(29)24-19-14-23(30-3)20(26)15-21(19)28(18-11-6-5-7-12-18)22(24)16-27-13-9-8-10-17(27)2/h5-7,11-12,14-15,17H,4,8-10,13,16H2,1-3H3/t17-/m0/s1. The van der Waals surface area contributed by atoms with E-state index in [9.17, 15) is 4.79 Å². The first kappa shape index (κ1) is 21.9. The number of hydrogen-bond donors (Lipinski definition) is 0. The molecule has 0 bridgehead atoms. The van der Waals surface area contributed by atoms with Crippen molar-refractivity contribution in [1.29, 1.82) is 0 Å². The second-order valence-electron chi connectivity index (χ2n) is 8.03. The van der Waals surface area contributed by atoms with Gasteiger partial charge in [0.1, 0.15) is 5.75 Å². The number of likely N-dealkylation sites (tertiary alicyclic amines) is 1. The maximum Gasteiger partial charge on any atom is 0.340 e. The largest absolute Gasteiger partial charge is 0.496 e. The molecule has 5 nitrogen and oxygen atoms in total. The van der Waals surface area contributed by atoms with Gasteiger partial charge in [0.2, 0.25) is 0 Å². The average molecular weight is 485 g/mol. The molecule has 0 amide bonds. The molecule has 1 fully saturated rings. The van der Waals surface area contributed by atoms with Crippen LogP contribution >= 0.6 is 15.9 Å². The molecular formula is C25H29BrN2O3. The highest BCUT2D eigenvalue weighted by atomic mass is 79.9. The van der Waals surface area contributed by atoms with E-state index in [4.69, 9.17) is 9.47 Å². The van der Waals surface area contributed by atoms with Gasteiger partial charge in [0.05, 0.1) is 35.0 Å². The third-order valence-electron chi connectivity index (χ3n) is 6.13. The van der Waals surface area contributed by atoms with Crippen LogP contribution in [0.2, 0.25) is 0 Å². The second kappa shape index (κ2) is 9.45. The zero-order valence-corrected chi connectivity index (χ0v) is 19.9. The molecule has 31 heavy (non-hydrogen) atoms. The van der Waals surface area contributed by atoms with E-state index in [0.717, 1.165) is 33.3 Å². The molecule has 0 unspecified atom stereocenters. The summed E-state index contributed by atoms with van der Waals surface area (Å²) < 4.78 is 14.1. The van der Waals surface area contributed by atoms with Crippen LogP contribution in [-0.2, 0) is 11.3 Å². The number of piperidine rings is 1. The fraction of sp³-hybridized carbons (Fsp3) is 0.400. The summed E-state index contributed by atoms with van der Waals surface area (Å²) in [5, 5.41) is 0.849. The van der Waals surface area contributed by atoms with Crippen molar-refractivity contribution in [2.45, 2.75) is 45.7 Å². The molecule has 1 aliphatic heterocycles. The number of nitrogens with zero attached hydrogens (tertiary/aromatic N) is 2. The van der Waals surface area contributed by atoms with Crippen LogP contribution in [0.4, 0.5) is 0 Å². The Bertz CT molecular complexity index is 1080. The molecule has 0 radical (unpaired) electrons. The first-order chi connectivity index (χ1) is 15.0. The minimum atomic E-state index is -0.286. The fourth-order valence-corrected chi connectivity index (χ4v) is 5.03. The van der Waals surface area contributed by atoms with Crippen LogP contribution in [-0.4, -0.2) is 41.7 Å². The van der Waals surface area contributed by atoms with E-state index in [1.807, 2.05) is 37.3 Å². The Balaban J connectivity index is 2.00. The Morgan fingerprint density at radius 2 is 1.97 bits per heavy atom. The molecule has 6 heteroatoms. The Kier molecular flexibility index (Phi) is 6.68. The van der Waals surface area contributed by atoms with Crippen molar-refractivity contribution in [1.82, 2.24) is 9.47 Å². The van der Waals surface area contributed by atoms with Gasteiger partial charge in [-0.2, -0.15) is 0 Å². The van der Waals surface area contributed by atoms with Crippen LogP contribution in [0.1, 0.15) is 49.2 Å². The molecule has 1 aliphatic rings. The summed E-state index contributed by atoms with van der Waals surface area (Å²) in [6.45, 7) is 6.19. The Hall–Kier alpha value is -2.31. The average Bonchev–Trinajstić information content (AvgIpc) is 3.08. The van der Waals surface area contributed by atoms with E-state index >= 15 is 0 Å². The summed E-state index contributed by atoms with van der Waals surface area (Å²) in [5.41, 5.74) is 3.58. The van der Waals surface area contributed by atoms with Crippen molar-refractivity contribution in [3.05, 3.63) is 58.2 Å². The van der Waals surface area contributed by atoms with Crippen molar-refractivity contribution >= 4 is 32.8 Å². The van der Waals surface area contributed by atoms with E-state index in [1.165, 1.54) is 19.3 Å². The zero-order valence-electron chi connectivity index (χ0n) is 18.4. The Labute approximate surface area is 192 Å². The third-order valence-corrected chi connectivity index (χ3v) is 6.75. The Morgan fingerprint density at radius 1 is 1.19 bits per heavy atom. The lowest BCUT2D eigenvalue weighted by molar-refractivity contribution is 0.0524. The number of esters is 1. The molecule has 1 aromatic heterocycles. The number of hydrogen-bond acceptors (Lipinski definition) is 4. The van der Waals surface area contributed by atoms with Crippen LogP contribution in [0.5, 0.6) is 5.75 Å². The molecule has 0 saturated carbocycles. The topological polar surface area (TPSA) is 43.7 Å². The van der Waals surface area contributed by atoms with Crippen molar-refractivity contribution in [2.24, 2.45) is 0 Å². The highest BCUT2D eigenvalue weighted by molar-refractivity contribution is 9.10. The lowest BCUT2D eigenvalue weighted by Crippen LogP contribution is -2.37. The molecule has 0 N–H and O–H groups in total. The van der Waals surface area contributed by atoms with Crippen LogP contribution in [0.25, 0.3) is 16.6 Å². The lowest BCUT2D eigenvalue weighted by Gasteiger charge is -2.33. The van der Waals surface area contributed by atoms with Gasteiger partial charge in [-0.15, -0.1) is 0 Å². The summed E-state index contributed by atoms with van der Waals surface area (Å²) in [6, 6.07) is 14.7. The lowest BCUT2D eigenvalue weighted by atomic mass is 10.0. The smallest absolute Gasteiger partial charge is 0.340 e. The molecule has 0 aliphatic carbocycles. The van der Waals surface area contributed by atoms with Crippen LogP contribution in [0, 0.1) is 0 Å². The normalized spacial score (nSPS) is 17.1. The number of methoxy groups -OCH3 is 1. The van der Waals surface area contributed by atoms with Crippen molar-refractivity contribution in [2.75, 3.05) is 20.3 Å². The van der Waals surface area contributed by atoms with E-state index in [0.29, 0.717) is 30.5 Å². The number of carbonyl (C=O) groups is 1. The van der Waals surface area contributed by atoms with Gasteiger partial charge < -0.3 is 14.0 Å². The van der Waals surface area contributed by atoms with E-state index < -0.39 is 0 Å². The van der Waals surface area contributed by atoms with E-state index in [-0.39, 0.29) is 5.97 Å². The van der Waals surface area contributed by atoms with Crippen LogP contribution < -0.4 is 4.74 Å². The number of halogens is 1. The summed E-state index contributed by atoms with van der Waals surface area (Å²) >= 11 is 3.63. The molecule has 4 rings (SSSR count). The van der Waals surface area contributed by atoms with Gasteiger partial charge >= 0.3 is 5.97 Å². The zero-order chi connectivity index (χ0) is 22.0. The number of ether oxygens (including phenoxy) is 2. The van der Waals surface area contributed by atoms with Crippen molar-refractivity contribution in [3.63, 3.8) is 0 Å². The summed E-state index contributed by atoms with van der Waals surface area (Å²) in [7, 11) is 1.64. The maximum atomic E-state index is 13.2. The van der Waals surface area contributed by atoms with Gasteiger partial charge in [-0.3, -0.25) is 4.90 Å². The summed E-state index contributed by atoms with van der Waals surface area (Å²) in [4.78, 5) is 15.7. The van der Waals surface area contributed by atoms with Crippen molar-refractivity contribution in [3.8, 4) is 11.4 Å². The Morgan fingerprint density at radius 3 is 2.65 bits per heavy atom. The van der Waals surface area contributed by atoms with Gasteiger partial charge in [-0.1, -0.05) is 24.6 Å². The molecular weight excluding hydrogens is 456 g/mol. The number of aromatic nitrogens is 1. The van der Waals surface area contributed by atoms with Gasteiger partial charge in [0.15, 0.2) is 0 Å².